The molecule has 0 aliphatic carbocycles. The van der Waals surface area contributed by atoms with Crippen LogP contribution in [0, 0.1) is 6.92 Å². The van der Waals surface area contributed by atoms with Crippen LogP contribution in [0.2, 0.25) is 0 Å². The zero-order chi connectivity index (χ0) is 24.7. The number of thioether (sulfide) groups is 1. The summed E-state index contributed by atoms with van der Waals surface area (Å²) in [5, 5.41) is 1.52. The van der Waals surface area contributed by atoms with Crippen LogP contribution in [0.4, 0.5) is 13.2 Å². The first-order chi connectivity index (χ1) is 16.9. The quantitative estimate of drug-likeness (QED) is 0.204. The Morgan fingerprint density at radius 3 is 2.51 bits per heavy atom. The molecule has 0 unspecified atom stereocenters. The molecule has 3 aromatic rings. The van der Waals surface area contributed by atoms with Crippen molar-refractivity contribution in [1.29, 1.82) is 0 Å². The maximum absolute atomic E-state index is 13.0. The van der Waals surface area contributed by atoms with E-state index in [1.165, 1.54) is 55.6 Å². The van der Waals surface area contributed by atoms with Crippen molar-refractivity contribution >= 4 is 22.5 Å². The summed E-state index contributed by atoms with van der Waals surface area (Å²) >= 11 is 1.71. The van der Waals surface area contributed by atoms with E-state index in [4.69, 9.17) is 4.74 Å². The third kappa shape index (κ3) is 7.40. The Balaban J connectivity index is 1.17. The second-order valence-electron chi connectivity index (χ2n) is 9.38. The number of piperidine rings is 1. The molecule has 0 N–H and O–H groups in total. The Morgan fingerprint density at radius 1 is 0.914 bits per heavy atom. The molecule has 1 fully saturated rings. The minimum atomic E-state index is -4.31. The van der Waals surface area contributed by atoms with Crippen molar-refractivity contribution in [3.8, 4) is 5.75 Å². The van der Waals surface area contributed by atoms with Crippen molar-refractivity contribution in [2.75, 3.05) is 25.4 Å². The number of fused-ring (bicyclic) bond motifs is 1. The zero-order valence-electron chi connectivity index (χ0n) is 20.4. The van der Waals surface area contributed by atoms with E-state index in [1.54, 1.807) is 23.9 Å². The van der Waals surface area contributed by atoms with Gasteiger partial charge < -0.3 is 4.74 Å². The van der Waals surface area contributed by atoms with Crippen molar-refractivity contribution in [2.45, 2.75) is 63.1 Å². The third-order valence-electron chi connectivity index (χ3n) is 6.57. The van der Waals surface area contributed by atoms with Gasteiger partial charge in [0.25, 0.3) is 0 Å². The van der Waals surface area contributed by atoms with Gasteiger partial charge in [-0.25, -0.2) is 0 Å². The summed E-state index contributed by atoms with van der Waals surface area (Å²) in [6, 6.07) is 16.1. The van der Waals surface area contributed by atoms with Crippen LogP contribution in [-0.2, 0) is 12.7 Å². The lowest BCUT2D eigenvalue weighted by Crippen LogP contribution is -2.29. The lowest BCUT2D eigenvalue weighted by molar-refractivity contribution is -0.137. The Bertz CT molecular complexity index is 1110. The standard InChI is InChI=1S/C29H34F3NOS/c1-22-19-23(21-33-15-4-2-5-16-33)11-14-27(22)34-17-6-3-7-18-35-28-10-8-9-24-20-25(29(30,31)32)12-13-26(24)28/h8-14,19-20H,2-7,15-18,21H2,1H3. The topological polar surface area (TPSA) is 12.5 Å². The van der Waals surface area contributed by atoms with Crippen LogP contribution in [0.15, 0.2) is 59.5 Å². The molecule has 0 amide bonds. The van der Waals surface area contributed by atoms with Gasteiger partial charge in [0, 0.05) is 11.4 Å². The van der Waals surface area contributed by atoms with E-state index >= 15 is 0 Å². The highest BCUT2D eigenvalue weighted by molar-refractivity contribution is 7.99. The first-order valence-electron chi connectivity index (χ1n) is 12.6. The Kier molecular flexibility index (Phi) is 9.01. The summed E-state index contributed by atoms with van der Waals surface area (Å²) in [5.41, 5.74) is 1.95. The Labute approximate surface area is 210 Å². The number of unbranched alkanes of at least 4 members (excludes halogenated alkanes) is 2. The Morgan fingerprint density at radius 2 is 1.74 bits per heavy atom. The summed E-state index contributed by atoms with van der Waals surface area (Å²) in [7, 11) is 0. The van der Waals surface area contributed by atoms with Crippen LogP contribution >= 0.6 is 11.8 Å². The molecule has 3 aromatic carbocycles. The summed E-state index contributed by atoms with van der Waals surface area (Å²) < 4.78 is 45.0. The number of alkyl halides is 3. The molecule has 0 aromatic heterocycles. The first-order valence-corrected chi connectivity index (χ1v) is 13.6. The van der Waals surface area contributed by atoms with Crippen molar-refractivity contribution in [1.82, 2.24) is 4.90 Å². The van der Waals surface area contributed by atoms with E-state index in [0.717, 1.165) is 47.6 Å². The number of likely N-dealkylation sites (tertiary alicyclic amines) is 1. The molecule has 1 aliphatic heterocycles. The highest BCUT2D eigenvalue weighted by atomic mass is 32.2. The third-order valence-corrected chi connectivity index (χ3v) is 7.73. The number of ether oxygens (including phenoxy) is 1. The predicted molar refractivity (Wildman–Crippen MR) is 139 cm³/mol. The predicted octanol–water partition coefficient (Wildman–Crippen LogP) is 8.49. The van der Waals surface area contributed by atoms with Crippen LogP contribution in [0.5, 0.6) is 5.75 Å². The van der Waals surface area contributed by atoms with E-state index in [2.05, 4.69) is 30.0 Å². The fourth-order valence-corrected chi connectivity index (χ4v) is 5.73. The lowest BCUT2D eigenvalue weighted by Gasteiger charge is -2.26. The molecule has 0 saturated carbocycles. The molecule has 35 heavy (non-hydrogen) atoms. The molecular formula is C29H34F3NOS. The molecule has 0 atom stereocenters. The second-order valence-corrected chi connectivity index (χ2v) is 10.5. The van der Waals surface area contributed by atoms with Crippen molar-refractivity contribution in [2.24, 2.45) is 0 Å². The average molecular weight is 502 g/mol. The monoisotopic (exact) mass is 501 g/mol. The van der Waals surface area contributed by atoms with Gasteiger partial charge in [-0.3, -0.25) is 4.90 Å². The molecule has 1 aliphatic rings. The zero-order valence-corrected chi connectivity index (χ0v) is 21.2. The highest BCUT2D eigenvalue weighted by Crippen LogP contribution is 2.34. The molecule has 1 saturated heterocycles. The average Bonchev–Trinajstić information content (AvgIpc) is 2.84. The molecule has 0 spiro atoms. The largest absolute Gasteiger partial charge is 0.493 e. The number of hydrogen-bond donors (Lipinski definition) is 0. The second kappa shape index (κ2) is 12.2. The minimum Gasteiger partial charge on any atom is -0.493 e. The fourth-order valence-electron chi connectivity index (χ4n) is 4.65. The van der Waals surface area contributed by atoms with E-state index < -0.39 is 11.7 Å². The molecular weight excluding hydrogens is 467 g/mol. The van der Waals surface area contributed by atoms with Crippen molar-refractivity contribution < 1.29 is 17.9 Å². The van der Waals surface area contributed by atoms with Gasteiger partial charge in [-0.1, -0.05) is 36.8 Å². The SMILES string of the molecule is Cc1cc(CN2CCCCC2)ccc1OCCCCCSc1cccc2cc(C(F)(F)F)ccc12. The molecule has 6 heteroatoms. The molecule has 1 heterocycles. The van der Waals surface area contributed by atoms with Crippen LogP contribution in [0.1, 0.15) is 55.2 Å². The summed E-state index contributed by atoms with van der Waals surface area (Å²) in [6.45, 7) is 6.25. The number of nitrogens with zero attached hydrogens (tertiary/aromatic N) is 1. The molecule has 2 nitrogen and oxygen atoms in total. The van der Waals surface area contributed by atoms with Crippen molar-refractivity contribution in [3.63, 3.8) is 0 Å². The maximum Gasteiger partial charge on any atom is 0.416 e. The Hall–Kier alpha value is -2.18. The van der Waals surface area contributed by atoms with Gasteiger partial charge in [-0.2, -0.15) is 13.2 Å². The van der Waals surface area contributed by atoms with Crippen LogP contribution < -0.4 is 4.74 Å². The molecule has 0 radical (unpaired) electrons. The molecule has 4 rings (SSSR count). The van der Waals surface area contributed by atoms with Gasteiger partial charge in [0.2, 0.25) is 0 Å². The summed E-state index contributed by atoms with van der Waals surface area (Å²) in [6.07, 6.45) is 2.75. The number of hydrogen-bond acceptors (Lipinski definition) is 3. The van der Waals surface area contributed by atoms with Gasteiger partial charge in [0.15, 0.2) is 0 Å². The summed E-state index contributed by atoms with van der Waals surface area (Å²) in [4.78, 5) is 3.57. The van der Waals surface area contributed by atoms with Gasteiger partial charge in [-0.05, 0) is 104 Å². The van der Waals surface area contributed by atoms with Crippen LogP contribution in [0.25, 0.3) is 10.8 Å². The van der Waals surface area contributed by atoms with Crippen LogP contribution in [0.3, 0.4) is 0 Å². The lowest BCUT2D eigenvalue weighted by atomic mass is 10.1. The van der Waals surface area contributed by atoms with Crippen LogP contribution in [-0.4, -0.2) is 30.3 Å². The van der Waals surface area contributed by atoms with Gasteiger partial charge in [0.05, 0.1) is 12.2 Å². The van der Waals surface area contributed by atoms with E-state index in [-0.39, 0.29) is 0 Å². The van der Waals surface area contributed by atoms with Gasteiger partial charge >= 0.3 is 6.18 Å². The van der Waals surface area contributed by atoms with E-state index in [1.807, 2.05) is 12.1 Å². The maximum atomic E-state index is 13.0. The normalized spacial score (nSPS) is 15.0. The molecule has 0 bridgehead atoms. The fraction of sp³-hybridized carbons (Fsp3) is 0.448. The smallest absolute Gasteiger partial charge is 0.416 e. The highest BCUT2D eigenvalue weighted by Gasteiger charge is 2.30. The number of rotatable bonds is 10. The van der Waals surface area contributed by atoms with E-state index in [0.29, 0.717) is 12.0 Å². The van der Waals surface area contributed by atoms with Crippen molar-refractivity contribution in [3.05, 3.63) is 71.3 Å². The number of aryl methyl sites for hydroxylation is 1. The first kappa shape index (κ1) is 25.9. The number of benzene rings is 3. The minimum absolute atomic E-state index is 0.598. The number of halogens is 3. The summed E-state index contributed by atoms with van der Waals surface area (Å²) in [5.74, 6) is 1.90. The van der Waals surface area contributed by atoms with E-state index in [9.17, 15) is 13.2 Å². The molecule has 188 valence electrons. The van der Waals surface area contributed by atoms with Gasteiger partial charge in [-0.15, -0.1) is 11.8 Å². The van der Waals surface area contributed by atoms with Gasteiger partial charge in [0.1, 0.15) is 5.75 Å².